The van der Waals surface area contributed by atoms with Crippen LogP contribution in [0.5, 0.6) is 0 Å². The van der Waals surface area contributed by atoms with E-state index < -0.39 is 0 Å². The number of hydrogen-bond acceptors (Lipinski definition) is 3. The minimum atomic E-state index is 0.0490. The predicted molar refractivity (Wildman–Crippen MR) is 110 cm³/mol. The number of nitrogens with one attached hydrogen (secondary N) is 2. The fourth-order valence-electron chi connectivity index (χ4n) is 3.11. The van der Waals surface area contributed by atoms with Crippen molar-refractivity contribution < 1.29 is 4.74 Å². The first-order valence-corrected chi connectivity index (χ1v) is 9.88. The third-order valence-corrected chi connectivity index (χ3v) is 5.78. The molecule has 1 heterocycles. The maximum atomic E-state index is 6.15. The summed E-state index contributed by atoms with van der Waals surface area (Å²) in [4.78, 5) is 7.16. The molecule has 26 heavy (non-hydrogen) atoms. The molecule has 1 unspecified atom stereocenters. The number of aliphatic imine (C=N–C) groups is 1. The van der Waals surface area contributed by atoms with E-state index in [1.807, 2.05) is 18.2 Å². The van der Waals surface area contributed by atoms with Crippen LogP contribution in [0.3, 0.4) is 0 Å². The van der Waals surface area contributed by atoms with Crippen LogP contribution in [-0.4, -0.2) is 56.8 Å². The summed E-state index contributed by atoms with van der Waals surface area (Å²) < 4.78 is 5.54. The average molecular weight is 401 g/mol. The Morgan fingerprint density at radius 3 is 2.54 bits per heavy atom. The Balaban J connectivity index is 2.11. The predicted octanol–water partition coefficient (Wildman–Crippen LogP) is 3.72. The monoisotopic (exact) mass is 400 g/mol. The Bertz CT molecular complexity index is 616. The third-order valence-electron chi connectivity index (χ3n) is 5.04. The number of ether oxygens (including phenoxy) is 1. The van der Waals surface area contributed by atoms with Crippen molar-refractivity contribution in [3.05, 3.63) is 33.8 Å². The molecular weight excluding hydrogens is 371 g/mol. The Morgan fingerprint density at radius 2 is 1.96 bits per heavy atom. The minimum absolute atomic E-state index is 0.0490. The second-order valence-corrected chi connectivity index (χ2v) is 7.78. The van der Waals surface area contributed by atoms with Crippen molar-refractivity contribution >= 4 is 29.2 Å². The van der Waals surface area contributed by atoms with Crippen LogP contribution in [-0.2, 0) is 4.74 Å². The number of hydrogen-bond donors (Lipinski definition) is 2. The van der Waals surface area contributed by atoms with Crippen molar-refractivity contribution in [1.82, 2.24) is 15.5 Å². The maximum absolute atomic E-state index is 6.15. The molecule has 0 saturated carbocycles. The summed E-state index contributed by atoms with van der Waals surface area (Å²) in [7, 11) is 4.25. The Kier molecular flexibility index (Phi) is 8.02. The van der Waals surface area contributed by atoms with E-state index in [0.717, 1.165) is 50.7 Å². The molecule has 1 aliphatic rings. The number of benzene rings is 1. The summed E-state index contributed by atoms with van der Waals surface area (Å²) in [6.45, 7) is 7.26. The van der Waals surface area contributed by atoms with Gasteiger partial charge in [0.25, 0.3) is 0 Å². The van der Waals surface area contributed by atoms with Crippen molar-refractivity contribution in [2.75, 3.05) is 40.4 Å². The van der Waals surface area contributed by atoms with Gasteiger partial charge in [-0.05, 0) is 58.5 Å². The van der Waals surface area contributed by atoms with Crippen molar-refractivity contribution in [3.63, 3.8) is 0 Å². The first kappa shape index (κ1) is 21.3. The Morgan fingerprint density at radius 1 is 1.27 bits per heavy atom. The Hall–Kier alpha value is -1.01. The lowest BCUT2D eigenvalue weighted by molar-refractivity contribution is -0.00255. The van der Waals surface area contributed by atoms with E-state index in [1.54, 1.807) is 0 Å². The molecule has 0 spiro atoms. The highest BCUT2D eigenvalue weighted by Crippen LogP contribution is 2.27. The zero-order chi connectivity index (χ0) is 19.2. The summed E-state index contributed by atoms with van der Waals surface area (Å²) >= 11 is 12.2. The van der Waals surface area contributed by atoms with Gasteiger partial charge < -0.3 is 20.3 Å². The third kappa shape index (κ3) is 5.49. The molecule has 7 heteroatoms. The smallest absolute Gasteiger partial charge is 0.191 e. The maximum Gasteiger partial charge on any atom is 0.191 e. The highest BCUT2D eigenvalue weighted by Gasteiger charge is 2.34. The van der Waals surface area contributed by atoms with Crippen LogP contribution in [0.1, 0.15) is 38.3 Å². The topological polar surface area (TPSA) is 48.9 Å². The first-order valence-electron chi connectivity index (χ1n) is 9.13. The first-order chi connectivity index (χ1) is 12.4. The molecule has 0 amide bonds. The van der Waals surface area contributed by atoms with Crippen molar-refractivity contribution in [2.45, 2.75) is 38.3 Å². The van der Waals surface area contributed by atoms with Crippen molar-refractivity contribution in [1.29, 1.82) is 0 Å². The van der Waals surface area contributed by atoms with E-state index in [1.165, 1.54) is 0 Å². The van der Waals surface area contributed by atoms with E-state index in [0.29, 0.717) is 10.0 Å². The SMILES string of the molecule is CCNC(=NCC1(N(C)C)CCOCC1)NC(C)c1ccc(Cl)c(Cl)c1. The molecule has 1 aromatic rings. The summed E-state index contributed by atoms with van der Waals surface area (Å²) in [5.41, 5.74) is 1.12. The van der Waals surface area contributed by atoms with Gasteiger partial charge in [-0.1, -0.05) is 29.3 Å². The number of rotatable bonds is 6. The molecule has 0 radical (unpaired) electrons. The van der Waals surface area contributed by atoms with Crippen LogP contribution in [0.2, 0.25) is 10.0 Å². The van der Waals surface area contributed by atoms with Gasteiger partial charge in [0.1, 0.15) is 0 Å². The second kappa shape index (κ2) is 9.79. The van der Waals surface area contributed by atoms with E-state index in [2.05, 4.69) is 43.5 Å². The van der Waals surface area contributed by atoms with Gasteiger partial charge in [-0.25, -0.2) is 0 Å². The van der Waals surface area contributed by atoms with Crippen molar-refractivity contribution in [3.8, 4) is 0 Å². The quantitative estimate of drug-likeness (QED) is 0.564. The highest BCUT2D eigenvalue weighted by molar-refractivity contribution is 6.42. The van der Waals surface area contributed by atoms with Crippen LogP contribution in [0.25, 0.3) is 0 Å². The van der Waals surface area contributed by atoms with Crippen LogP contribution < -0.4 is 10.6 Å². The van der Waals surface area contributed by atoms with Crippen molar-refractivity contribution in [2.24, 2.45) is 4.99 Å². The average Bonchev–Trinajstić information content (AvgIpc) is 2.62. The molecule has 1 atom stereocenters. The largest absolute Gasteiger partial charge is 0.381 e. The number of nitrogens with zero attached hydrogens (tertiary/aromatic N) is 2. The summed E-state index contributed by atoms with van der Waals surface area (Å²) in [6, 6.07) is 5.76. The lowest BCUT2D eigenvalue weighted by Gasteiger charge is -2.41. The van der Waals surface area contributed by atoms with Crippen LogP contribution in [0, 0.1) is 0 Å². The minimum Gasteiger partial charge on any atom is -0.381 e. The molecular formula is C19H30Cl2N4O. The van der Waals surface area contributed by atoms with Gasteiger partial charge in [0.05, 0.1) is 22.6 Å². The molecule has 5 nitrogen and oxygen atoms in total. The zero-order valence-corrected chi connectivity index (χ0v) is 17.6. The second-order valence-electron chi connectivity index (χ2n) is 6.97. The lowest BCUT2D eigenvalue weighted by atomic mass is 9.89. The number of guanidine groups is 1. The summed E-state index contributed by atoms with van der Waals surface area (Å²) in [6.07, 6.45) is 1.98. The van der Waals surface area contributed by atoms with Gasteiger partial charge in [-0.15, -0.1) is 0 Å². The Labute approximate surface area is 167 Å². The van der Waals surface area contributed by atoms with Gasteiger partial charge >= 0.3 is 0 Å². The standard InChI is InChI=1S/C19H30Cl2N4O/c1-5-22-18(23-13-19(25(3)4)8-10-26-11-9-19)24-14(2)15-6-7-16(20)17(21)12-15/h6-7,12,14H,5,8-11,13H2,1-4H3,(H2,22,23,24). The molecule has 146 valence electrons. The van der Waals surface area contributed by atoms with E-state index in [9.17, 15) is 0 Å². The zero-order valence-electron chi connectivity index (χ0n) is 16.1. The van der Waals surface area contributed by atoms with Gasteiger partial charge in [0, 0.05) is 25.3 Å². The molecule has 1 aromatic carbocycles. The van der Waals surface area contributed by atoms with Crippen LogP contribution in [0.15, 0.2) is 23.2 Å². The molecule has 0 aliphatic carbocycles. The van der Waals surface area contributed by atoms with E-state index in [4.69, 9.17) is 32.9 Å². The molecule has 2 N–H and O–H groups in total. The van der Waals surface area contributed by atoms with Gasteiger partial charge in [-0.3, -0.25) is 4.99 Å². The normalized spacial score (nSPS) is 18.7. The molecule has 1 fully saturated rings. The molecule has 1 aliphatic heterocycles. The highest BCUT2D eigenvalue weighted by atomic mass is 35.5. The molecule has 1 saturated heterocycles. The molecule has 2 rings (SSSR count). The van der Waals surface area contributed by atoms with E-state index >= 15 is 0 Å². The molecule has 0 bridgehead atoms. The summed E-state index contributed by atoms with van der Waals surface area (Å²) in [5, 5.41) is 7.93. The van der Waals surface area contributed by atoms with Crippen LogP contribution in [0.4, 0.5) is 0 Å². The number of likely N-dealkylation sites (N-methyl/N-ethyl adjacent to an activating group) is 1. The molecule has 0 aromatic heterocycles. The van der Waals surface area contributed by atoms with E-state index in [-0.39, 0.29) is 11.6 Å². The number of halogens is 2. The van der Waals surface area contributed by atoms with Gasteiger partial charge in [-0.2, -0.15) is 0 Å². The lowest BCUT2D eigenvalue weighted by Crippen LogP contribution is -2.51. The van der Waals surface area contributed by atoms with Crippen LogP contribution >= 0.6 is 23.2 Å². The van der Waals surface area contributed by atoms with Gasteiger partial charge in [0.15, 0.2) is 5.96 Å². The fraction of sp³-hybridized carbons (Fsp3) is 0.632. The summed E-state index contributed by atoms with van der Waals surface area (Å²) in [5.74, 6) is 0.804. The fourth-order valence-corrected chi connectivity index (χ4v) is 3.42. The van der Waals surface area contributed by atoms with Gasteiger partial charge in [0.2, 0.25) is 0 Å².